The van der Waals surface area contributed by atoms with Gasteiger partial charge in [-0.3, -0.25) is 14.5 Å². The molecule has 1 aliphatic heterocycles. The highest BCUT2D eigenvalue weighted by molar-refractivity contribution is 6.19. The van der Waals surface area contributed by atoms with Gasteiger partial charge >= 0.3 is 0 Å². The number of amides is 2. The highest BCUT2D eigenvalue weighted by Gasteiger charge is 2.35. The quantitative estimate of drug-likeness (QED) is 0.319. The molecule has 1 heterocycles. The molecule has 2 amide bonds. The third-order valence-corrected chi connectivity index (χ3v) is 5.46. The molecule has 0 spiro atoms. The molecular weight excluding hydrogens is 432 g/mol. The molecule has 0 aliphatic carbocycles. The van der Waals surface area contributed by atoms with Crippen molar-refractivity contribution in [2.45, 2.75) is 13.3 Å². The molecule has 2 aromatic carbocycles. The van der Waals surface area contributed by atoms with E-state index < -0.39 is 11.8 Å². The summed E-state index contributed by atoms with van der Waals surface area (Å²) in [7, 11) is 3.09. The van der Waals surface area contributed by atoms with Crippen molar-refractivity contribution in [3.8, 4) is 23.3 Å². The van der Waals surface area contributed by atoms with Gasteiger partial charge < -0.3 is 14.2 Å². The summed E-state index contributed by atoms with van der Waals surface area (Å²) >= 11 is 0. The maximum atomic E-state index is 13.3. The summed E-state index contributed by atoms with van der Waals surface area (Å²) in [6.07, 6.45) is 3.74. The fourth-order valence-electron chi connectivity index (χ4n) is 3.59. The molecule has 0 unspecified atom stereocenters. The molecule has 0 atom stereocenters. The lowest BCUT2D eigenvalue weighted by Crippen LogP contribution is -2.43. The average Bonchev–Trinajstić information content (AvgIpc) is 2.86. The van der Waals surface area contributed by atoms with Crippen molar-refractivity contribution >= 4 is 17.9 Å². The zero-order chi connectivity index (χ0) is 24.7. The molecule has 174 valence electrons. The normalized spacial score (nSPS) is 14.8. The number of ether oxygens (including phenoxy) is 3. The van der Waals surface area contributed by atoms with Crippen LogP contribution >= 0.6 is 0 Å². The number of benzene rings is 2. The Bertz CT molecular complexity index is 1200. The summed E-state index contributed by atoms with van der Waals surface area (Å²) in [6.45, 7) is 5.75. The minimum atomic E-state index is -0.587. The van der Waals surface area contributed by atoms with Crippen molar-refractivity contribution in [3.05, 3.63) is 83.0 Å². The van der Waals surface area contributed by atoms with Gasteiger partial charge in [-0.2, -0.15) is 5.26 Å². The van der Waals surface area contributed by atoms with E-state index in [1.54, 1.807) is 57.6 Å². The molecule has 0 saturated carbocycles. The molecule has 0 saturated heterocycles. The number of carbonyl (C=O) groups excluding carboxylic acids is 2. The van der Waals surface area contributed by atoms with Gasteiger partial charge in [-0.25, -0.2) is 0 Å². The Morgan fingerprint density at radius 3 is 2.35 bits per heavy atom. The fraction of sp³-hybridized carbons (Fsp3) is 0.222. The highest BCUT2D eigenvalue weighted by atomic mass is 16.5. The monoisotopic (exact) mass is 458 g/mol. The van der Waals surface area contributed by atoms with Gasteiger partial charge in [0.05, 0.1) is 14.2 Å². The van der Waals surface area contributed by atoms with E-state index in [1.807, 2.05) is 24.3 Å². The Morgan fingerprint density at radius 1 is 1.03 bits per heavy atom. The number of hydrogen-bond acceptors (Lipinski definition) is 6. The van der Waals surface area contributed by atoms with Crippen LogP contribution in [0.2, 0.25) is 0 Å². The maximum absolute atomic E-state index is 13.3. The Hall–Kier alpha value is -4.31. The van der Waals surface area contributed by atoms with Crippen molar-refractivity contribution in [3.63, 3.8) is 0 Å². The number of hydrogen-bond donors (Lipinski definition) is 0. The van der Waals surface area contributed by atoms with Crippen molar-refractivity contribution < 1.29 is 23.8 Å². The van der Waals surface area contributed by atoms with E-state index in [-0.39, 0.29) is 12.1 Å². The Morgan fingerprint density at radius 2 is 1.74 bits per heavy atom. The van der Waals surface area contributed by atoms with Crippen LogP contribution in [0.25, 0.3) is 6.08 Å². The molecule has 1 aliphatic rings. The van der Waals surface area contributed by atoms with Gasteiger partial charge in [0.1, 0.15) is 24.0 Å². The minimum Gasteiger partial charge on any atom is -0.493 e. The van der Waals surface area contributed by atoms with E-state index in [9.17, 15) is 14.9 Å². The first-order valence-corrected chi connectivity index (χ1v) is 10.7. The van der Waals surface area contributed by atoms with Crippen LogP contribution in [0, 0.1) is 11.3 Å². The van der Waals surface area contributed by atoms with Gasteiger partial charge in [0, 0.05) is 12.1 Å². The van der Waals surface area contributed by atoms with Crippen LogP contribution in [0.1, 0.15) is 18.1 Å². The summed E-state index contributed by atoms with van der Waals surface area (Å²) in [5.41, 5.74) is 2.25. The van der Waals surface area contributed by atoms with Crippen LogP contribution in [0.15, 0.2) is 71.8 Å². The topological polar surface area (TPSA) is 88.9 Å². The predicted octanol–water partition coefficient (Wildman–Crippen LogP) is 4.10. The first kappa shape index (κ1) is 24.3. The number of nitriles is 1. The van der Waals surface area contributed by atoms with Crippen LogP contribution in [-0.4, -0.2) is 44.1 Å². The summed E-state index contributed by atoms with van der Waals surface area (Å²) in [4.78, 5) is 27.3. The van der Waals surface area contributed by atoms with Crippen LogP contribution < -0.4 is 14.2 Å². The summed E-state index contributed by atoms with van der Waals surface area (Å²) in [5.74, 6) is 0.803. The van der Waals surface area contributed by atoms with Gasteiger partial charge in [0.2, 0.25) is 0 Å². The molecule has 0 fully saturated rings. The van der Waals surface area contributed by atoms with E-state index in [1.165, 1.54) is 0 Å². The number of imide groups is 1. The molecule has 0 bridgehead atoms. The largest absolute Gasteiger partial charge is 0.493 e. The predicted molar refractivity (Wildman–Crippen MR) is 128 cm³/mol. The molecular formula is C27H26N2O5. The maximum Gasteiger partial charge on any atom is 0.271 e. The Kier molecular flexibility index (Phi) is 7.88. The van der Waals surface area contributed by atoms with E-state index in [0.717, 1.165) is 16.0 Å². The SMILES string of the molecule is C=CCOc1ccc(/C=C2/C(=O)N(CCc3ccc(OC)c(OC)c3)C(=O)C(C#N)=C2C)cc1. The highest BCUT2D eigenvalue weighted by Crippen LogP contribution is 2.30. The molecule has 3 rings (SSSR count). The number of rotatable bonds is 9. The lowest BCUT2D eigenvalue weighted by atomic mass is 9.93. The summed E-state index contributed by atoms with van der Waals surface area (Å²) in [6, 6.07) is 14.6. The molecule has 0 aromatic heterocycles. The van der Waals surface area contributed by atoms with Crippen molar-refractivity contribution in [1.82, 2.24) is 4.90 Å². The summed E-state index contributed by atoms with van der Waals surface area (Å²) in [5, 5.41) is 9.60. The first-order valence-electron chi connectivity index (χ1n) is 10.7. The Labute approximate surface area is 199 Å². The second-order valence-corrected chi connectivity index (χ2v) is 7.54. The van der Waals surface area contributed by atoms with E-state index in [0.29, 0.717) is 41.4 Å². The third kappa shape index (κ3) is 5.18. The van der Waals surface area contributed by atoms with Crippen LogP contribution in [-0.2, 0) is 16.0 Å². The average molecular weight is 459 g/mol. The Balaban J connectivity index is 1.87. The smallest absolute Gasteiger partial charge is 0.271 e. The van der Waals surface area contributed by atoms with Gasteiger partial charge in [0.25, 0.3) is 11.8 Å². The van der Waals surface area contributed by atoms with Gasteiger partial charge in [-0.15, -0.1) is 0 Å². The molecule has 2 aromatic rings. The zero-order valence-corrected chi connectivity index (χ0v) is 19.5. The number of carbonyl (C=O) groups is 2. The van der Waals surface area contributed by atoms with Crippen LogP contribution in [0.3, 0.4) is 0 Å². The minimum absolute atomic E-state index is 0.0379. The van der Waals surface area contributed by atoms with Crippen molar-refractivity contribution in [2.75, 3.05) is 27.4 Å². The van der Waals surface area contributed by atoms with E-state index in [2.05, 4.69) is 6.58 Å². The molecule has 7 nitrogen and oxygen atoms in total. The fourth-order valence-corrected chi connectivity index (χ4v) is 3.59. The van der Waals surface area contributed by atoms with Gasteiger partial charge in [-0.05, 0) is 60.4 Å². The molecule has 34 heavy (non-hydrogen) atoms. The van der Waals surface area contributed by atoms with Crippen molar-refractivity contribution in [2.24, 2.45) is 0 Å². The summed E-state index contributed by atoms with van der Waals surface area (Å²) < 4.78 is 16.1. The lowest BCUT2D eigenvalue weighted by Gasteiger charge is -2.27. The molecule has 0 N–H and O–H groups in total. The zero-order valence-electron chi connectivity index (χ0n) is 19.5. The second-order valence-electron chi connectivity index (χ2n) is 7.54. The first-order chi connectivity index (χ1) is 16.4. The van der Waals surface area contributed by atoms with Gasteiger partial charge in [0.15, 0.2) is 11.5 Å². The van der Waals surface area contributed by atoms with Crippen LogP contribution in [0.5, 0.6) is 17.2 Å². The van der Waals surface area contributed by atoms with Crippen molar-refractivity contribution in [1.29, 1.82) is 5.26 Å². The second kappa shape index (κ2) is 11.0. The third-order valence-electron chi connectivity index (χ3n) is 5.46. The van der Waals surface area contributed by atoms with E-state index in [4.69, 9.17) is 14.2 Å². The van der Waals surface area contributed by atoms with Gasteiger partial charge in [-0.1, -0.05) is 30.9 Å². The number of methoxy groups -OCH3 is 2. The molecule has 7 heteroatoms. The van der Waals surface area contributed by atoms with E-state index >= 15 is 0 Å². The number of nitrogens with zero attached hydrogens (tertiary/aromatic N) is 2. The lowest BCUT2D eigenvalue weighted by molar-refractivity contribution is -0.140. The van der Waals surface area contributed by atoms with Crippen LogP contribution in [0.4, 0.5) is 0 Å². The molecule has 0 radical (unpaired) electrons. The standard InChI is InChI=1S/C27H26N2O5/c1-5-14-34-21-9-6-19(7-10-21)15-22-18(2)23(17-28)27(31)29(26(22)30)13-12-20-8-11-24(32-3)25(16-20)33-4/h5-11,15-16H,1,12-14H2,2-4H3/b22-15+.